The number of rotatable bonds is 8. The number of imidazole rings is 1. The van der Waals surface area contributed by atoms with E-state index < -0.39 is 14.9 Å². The number of para-hydroxylation sites is 2. The predicted molar refractivity (Wildman–Crippen MR) is 287 cm³/mol. The summed E-state index contributed by atoms with van der Waals surface area (Å²) in [6, 6.07) is 59.8. The Bertz CT molecular complexity index is 3460. The first-order valence-electron chi connectivity index (χ1n) is 25.0. The summed E-state index contributed by atoms with van der Waals surface area (Å²) in [5.41, 5.74) is 15.7. The van der Waals surface area contributed by atoms with Crippen molar-refractivity contribution in [3.05, 3.63) is 192 Å². The zero-order chi connectivity index (χ0) is 49.7. The summed E-state index contributed by atoms with van der Waals surface area (Å²) >= 11 is 0. The first-order chi connectivity index (χ1) is 33.3. The third kappa shape index (κ3) is 9.60. The van der Waals surface area contributed by atoms with Gasteiger partial charge in [-0.25, -0.2) is 0 Å². The zero-order valence-electron chi connectivity index (χ0n) is 43.7. The maximum absolute atomic E-state index is 7.65. The Kier molecular flexibility index (Phi) is 12.7. The van der Waals surface area contributed by atoms with Crippen LogP contribution in [0.1, 0.15) is 86.7 Å². The molecule has 10 aromatic rings. The molecule has 10 rings (SSSR count). The molecule has 0 spiro atoms. The smallest absolute Gasteiger partial charge is 0.121 e. The van der Waals surface area contributed by atoms with Crippen LogP contribution in [0, 0.1) is 19.0 Å². The number of fused-ring (bicyclic) bond motifs is 4. The van der Waals surface area contributed by atoms with E-state index in [0.717, 1.165) is 66.7 Å². The van der Waals surface area contributed by atoms with Crippen molar-refractivity contribution in [3.8, 4) is 50.6 Å². The van der Waals surface area contributed by atoms with Crippen LogP contribution >= 0.6 is 0 Å². The molecule has 0 saturated heterocycles. The molecule has 7 aromatic carbocycles. The molecule has 4 nitrogen and oxygen atoms in total. The fourth-order valence-corrected chi connectivity index (χ4v) is 10.2. The third-order valence-electron chi connectivity index (χ3n) is 12.7. The molecule has 0 unspecified atom stereocenters. The number of furan rings is 1. The first-order valence-corrected chi connectivity index (χ1v) is 27.0. The van der Waals surface area contributed by atoms with Gasteiger partial charge in [0.1, 0.15) is 5.58 Å². The third-order valence-corrected chi connectivity index (χ3v) is 14.8. The van der Waals surface area contributed by atoms with Gasteiger partial charge in [0.05, 0.1) is 30.5 Å². The van der Waals surface area contributed by atoms with Crippen molar-refractivity contribution in [2.75, 3.05) is 0 Å². The minimum atomic E-state index is -2.14. The molecule has 6 heteroatoms. The molecule has 0 aliphatic carbocycles. The van der Waals surface area contributed by atoms with Crippen LogP contribution in [0.3, 0.4) is 0 Å². The molecule has 0 N–H and O–H groups in total. The van der Waals surface area contributed by atoms with Crippen molar-refractivity contribution in [2.45, 2.75) is 92.2 Å². The maximum Gasteiger partial charge on any atom is 0.121 e. The zero-order valence-corrected chi connectivity index (χ0v) is 44.1. The molecule has 0 saturated carbocycles. The van der Waals surface area contributed by atoms with E-state index in [0.29, 0.717) is 5.56 Å². The van der Waals surface area contributed by atoms with E-state index in [9.17, 15) is 0 Å². The standard InChI is InChI=1S/C46H43N2OSi.C16H18N.Ir/c1-29(2)39-26-34(32-20-23-35(24-21-32)50(5,6)7)27-40(30(3)4)44(39)48-42-19-12-11-18-41(42)47-46(48)38-17-13-16-37-36-25-22-33(28-43(36)49-45(37)38)31-14-9-8-10-15-31;1-12-11-17-15(10-14(12)16(2,3)4)13-8-6-5-7-9-13;/h8-16,18-30H,1-7H3;5-8,10-11H,1-4H3;/q2*-1;/i;1D3;. The van der Waals surface area contributed by atoms with Gasteiger partial charge in [-0.05, 0) is 105 Å². The van der Waals surface area contributed by atoms with Gasteiger partial charge in [-0.3, -0.25) is 4.98 Å². The van der Waals surface area contributed by atoms with Crippen LogP contribution in [0.15, 0.2) is 162 Å². The van der Waals surface area contributed by atoms with Crippen LogP contribution in [0.4, 0.5) is 0 Å². The van der Waals surface area contributed by atoms with Gasteiger partial charge in [0.25, 0.3) is 0 Å². The van der Waals surface area contributed by atoms with E-state index in [2.05, 4.69) is 178 Å². The summed E-state index contributed by atoms with van der Waals surface area (Å²) in [5.74, 6) is 1.40. The number of benzene rings is 7. The molecular weight excluding hydrogens is 1020 g/mol. The summed E-state index contributed by atoms with van der Waals surface area (Å²) in [4.78, 5) is 9.63. The Morgan fingerprint density at radius 1 is 0.662 bits per heavy atom. The first kappa shape index (κ1) is 44.3. The summed E-state index contributed by atoms with van der Waals surface area (Å²) < 4.78 is 32.1. The van der Waals surface area contributed by atoms with Crippen molar-refractivity contribution < 1.29 is 28.6 Å². The Morgan fingerprint density at radius 3 is 1.97 bits per heavy atom. The number of hydrogen-bond acceptors (Lipinski definition) is 3. The second kappa shape index (κ2) is 19.4. The second-order valence-corrected chi connectivity index (χ2v) is 25.4. The Labute approximate surface area is 422 Å². The number of aromatic nitrogens is 3. The summed E-state index contributed by atoms with van der Waals surface area (Å²) in [5, 5.41) is 3.64. The molecular formula is C62H61IrN3OSi-2. The maximum atomic E-state index is 7.65. The van der Waals surface area contributed by atoms with Crippen molar-refractivity contribution in [2.24, 2.45) is 0 Å². The Balaban J connectivity index is 0.000000271. The molecule has 0 amide bonds. The van der Waals surface area contributed by atoms with Crippen LogP contribution in [-0.2, 0) is 25.5 Å². The van der Waals surface area contributed by atoms with Gasteiger partial charge in [-0.1, -0.05) is 169 Å². The minimum absolute atomic E-state index is 0. The normalized spacial score (nSPS) is 12.7. The molecule has 0 aliphatic heterocycles. The Morgan fingerprint density at radius 2 is 1.32 bits per heavy atom. The molecule has 3 heterocycles. The van der Waals surface area contributed by atoms with Crippen LogP contribution < -0.4 is 5.19 Å². The second-order valence-electron chi connectivity index (χ2n) is 20.3. The van der Waals surface area contributed by atoms with Crippen molar-refractivity contribution in [1.82, 2.24) is 14.5 Å². The fourth-order valence-electron chi connectivity index (χ4n) is 9.06. The van der Waals surface area contributed by atoms with E-state index >= 15 is 0 Å². The van der Waals surface area contributed by atoms with E-state index in [-0.39, 0.29) is 37.4 Å². The monoisotopic (exact) mass is 1090 g/mol. The summed E-state index contributed by atoms with van der Waals surface area (Å²) in [6.45, 7) is 20.3. The molecule has 0 aliphatic rings. The van der Waals surface area contributed by atoms with Crippen molar-refractivity contribution in [3.63, 3.8) is 0 Å². The molecule has 0 atom stereocenters. The summed E-state index contributed by atoms with van der Waals surface area (Å²) in [6.07, 6.45) is 1.48. The fraction of sp³-hybridized carbons (Fsp3) is 0.226. The van der Waals surface area contributed by atoms with Gasteiger partial charge >= 0.3 is 0 Å². The van der Waals surface area contributed by atoms with Crippen LogP contribution in [-0.4, -0.2) is 22.6 Å². The predicted octanol–water partition coefficient (Wildman–Crippen LogP) is 16.7. The Hall–Kier alpha value is -6.17. The minimum Gasteiger partial charge on any atom is -0.501 e. The van der Waals surface area contributed by atoms with Gasteiger partial charge in [-0.2, -0.15) is 0 Å². The number of aryl methyl sites for hydroxylation is 1. The van der Waals surface area contributed by atoms with Gasteiger partial charge in [-0.15, -0.1) is 54.1 Å². The average molecular weight is 1090 g/mol. The van der Waals surface area contributed by atoms with E-state index in [4.69, 9.17) is 13.5 Å². The molecule has 345 valence electrons. The van der Waals surface area contributed by atoms with Crippen LogP contribution in [0.25, 0.3) is 83.6 Å². The molecule has 3 aromatic heterocycles. The molecule has 0 bridgehead atoms. The van der Waals surface area contributed by atoms with Gasteiger partial charge in [0.2, 0.25) is 0 Å². The van der Waals surface area contributed by atoms with E-state index in [1.165, 1.54) is 44.9 Å². The largest absolute Gasteiger partial charge is 0.501 e. The number of nitrogens with zero attached hydrogens (tertiary/aromatic N) is 3. The molecule has 0 fully saturated rings. The average Bonchev–Trinajstić information content (AvgIpc) is 3.92. The summed E-state index contributed by atoms with van der Waals surface area (Å²) in [7, 11) is -1.40. The van der Waals surface area contributed by atoms with Crippen LogP contribution in [0.5, 0.6) is 0 Å². The van der Waals surface area contributed by atoms with Crippen molar-refractivity contribution >= 4 is 46.2 Å². The van der Waals surface area contributed by atoms with Crippen LogP contribution in [0.2, 0.25) is 19.6 Å². The van der Waals surface area contributed by atoms with Gasteiger partial charge < -0.3 is 14.0 Å². The van der Waals surface area contributed by atoms with Gasteiger partial charge in [0, 0.05) is 41.5 Å². The quantitative estimate of drug-likeness (QED) is 0.112. The molecule has 1 radical (unpaired) electrons. The number of pyridine rings is 1. The van der Waals surface area contributed by atoms with Crippen molar-refractivity contribution in [1.29, 1.82) is 0 Å². The van der Waals surface area contributed by atoms with E-state index in [1.54, 1.807) is 0 Å². The topological polar surface area (TPSA) is 43.9 Å². The number of hydrogen-bond donors (Lipinski definition) is 0. The van der Waals surface area contributed by atoms with E-state index in [1.807, 2.05) is 63.2 Å². The molecule has 68 heavy (non-hydrogen) atoms. The SMILES string of the molecule is CC(C)c1cc(-c2ccc([Si](C)(C)C)cc2)cc(C(C)C)c1-n1c(-c2[c-]ccc3c2oc2cc(-c4ccccc4)ccc23)nc2ccccc21.[2H]C([2H])([2H])c1cnc(-c2[c-]cccc2)cc1C(C)(C)C.[Ir]. The van der Waals surface area contributed by atoms with Gasteiger partial charge in [0.15, 0.2) is 0 Å².